The van der Waals surface area contributed by atoms with E-state index in [0.717, 1.165) is 6.92 Å². The molecule has 1 saturated heterocycles. The van der Waals surface area contributed by atoms with Crippen LogP contribution < -0.4 is 5.73 Å². The lowest BCUT2D eigenvalue weighted by Crippen LogP contribution is -2.58. The Morgan fingerprint density at radius 1 is 1.43 bits per heavy atom. The summed E-state index contributed by atoms with van der Waals surface area (Å²) in [5, 5.41) is 40.0. The molecule has 1 fully saturated rings. The lowest BCUT2D eigenvalue weighted by molar-refractivity contribution is -0.285. The monoisotopic (exact) mass is 335 g/mol. The summed E-state index contributed by atoms with van der Waals surface area (Å²) in [6.45, 7) is 1.87. The molecule has 0 bridgehead atoms. The SMILES string of the molecule is CC(=O)C1(O)CC(O)C(C(C)O)C(C[C@H](O)COC(=O)CN)O1. The molecule has 0 saturated carbocycles. The Morgan fingerprint density at radius 3 is 2.52 bits per heavy atom. The molecule has 1 rings (SSSR count). The first kappa shape index (κ1) is 19.9. The van der Waals surface area contributed by atoms with Crippen molar-refractivity contribution in [2.24, 2.45) is 11.7 Å². The van der Waals surface area contributed by atoms with Crippen LogP contribution in [0.5, 0.6) is 0 Å². The van der Waals surface area contributed by atoms with Crippen molar-refractivity contribution in [3.63, 3.8) is 0 Å². The van der Waals surface area contributed by atoms with Gasteiger partial charge in [-0.2, -0.15) is 0 Å². The number of hydrogen-bond acceptors (Lipinski definition) is 9. The topological polar surface area (TPSA) is 160 Å². The third-order valence-corrected chi connectivity index (χ3v) is 3.92. The van der Waals surface area contributed by atoms with Crippen molar-refractivity contribution in [1.29, 1.82) is 0 Å². The van der Waals surface area contributed by atoms with Crippen LogP contribution in [0, 0.1) is 5.92 Å². The fourth-order valence-electron chi connectivity index (χ4n) is 2.69. The summed E-state index contributed by atoms with van der Waals surface area (Å²) in [6, 6.07) is 0. The Hall–Kier alpha value is -1.10. The van der Waals surface area contributed by atoms with E-state index in [9.17, 15) is 30.0 Å². The predicted octanol–water partition coefficient (Wildman–Crippen LogP) is -2.34. The largest absolute Gasteiger partial charge is 0.462 e. The van der Waals surface area contributed by atoms with E-state index in [1.807, 2.05) is 0 Å². The molecule has 0 aromatic heterocycles. The van der Waals surface area contributed by atoms with Crippen LogP contribution in [0.1, 0.15) is 26.7 Å². The van der Waals surface area contributed by atoms with Crippen LogP contribution in [0.15, 0.2) is 0 Å². The molecule has 6 atom stereocenters. The average Bonchev–Trinajstić information content (AvgIpc) is 2.43. The molecule has 134 valence electrons. The maximum absolute atomic E-state index is 11.5. The summed E-state index contributed by atoms with van der Waals surface area (Å²) >= 11 is 0. The first-order valence-corrected chi connectivity index (χ1v) is 7.41. The van der Waals surface area contributed by atoms with Crippen LogP contribution in [0.3, 0.4) is 0 Å². The third kappa shape index (κ3) is 5.20. The molecule has 0 radical (unpaired) electrons. The highest BCUT2D eigenvalue weighted by Gasteiger charge is 2.50. The molecule has 9 heteroatoms. The highest BCUT2D eigenvalue weighted by atomic mass is 16.6. The predicted molar refractivity (Wildman–Crippen MR) is 76.9 cm³/mol. The van der Waals surface area contributed by atoms with Gasteiger partial charge in [0.2, 0.25) is 5.79 Å². The van der Waals surface area contributed by atoms with Gasteiger partial charge in [0.05, 0.1) is 31.0 Å². The maximum atomic E-state index is 11.5. The highest BCUT2D eigenvalue weighted by Crippen LogP contribution is 2.36. The standard InChI is InChI=1S/C14H25NO8/c1-7(16)13-10(19)4-14(21,8(2)17)23-11(13)3-9(18)6-22-12(20)5-15/h7,9-11,13,16,18-19,21H,3-6,15H2,1-2H3/t7?,9-,10?,11?,13?,14?/m0/s1. The second kappa shape index (κ2) is 8.13. The first-order valence-electron chi connectivity index (χ1n) is 7.41. The van der Waals surface area contributed by atoms with E-state index in [4.69, 9.17) is 15.2 Å². The summed E-state index contributed by atoms with van der Waals surface area (Å²) in [5.74, 6) is -4.37. The van der Waals surface area contributed by atoms with Crippen LogP contribution >= 0.6 is 0 Å². The number of carbonyl (C=O) groups excluding carboxylic acids is 2. The second-order valence-corrected chi connectivity index (χ2v) is 5.86. The van der Waals surface area contributed by atoms with Crippen LogP contribution in [0.2, 0.25) is 0 Å². The van der Waals surface area contributed by atoms with Gasteiger partial charge in [0.1, 0.15) is 6.61 Å². The summed E-state index contributed by atoms with van der Waals surface area (Å²) in [5.41, 5.74) is 5.07. The van der Waals surface area contributed by atoms with Gasteiger partial charge in [0.15, 0.2) is 5.78 Å². The molecule has 9 nitrogen and oxygen atoms in total. The zero-order valence-corrected chi connectivity index (χ0v) is 13.2. The number of ketones is 1. The molecule has 1 heterocycles. The van der Waals surface area contributed by atoms with Gasteiger partial charge >= 0.3 is 5.97 Å². The van der Waals surface area contributed by atoms with Gasteiger partial charge in [-0.05, 0) is 6.92 Å². The Bertz CT molecular complexity index is 429. The van der Waals surface area contributed by atoms with Crippen molar-refractivity contribution >= 4 is 11.8 Å². The quantitative estimate of drug-likeness (QED) is 0.321. The van der Waals surface area contributed by atoms with E-state index in [2.05, 4.69) is 0 Å². The number of carbonyl (C=O) groups is 2. The zero-order chi connectivity index (χ0) is 17.8. The highest BCUT2D eigenvalue weighted by molar-refractivity contribution is 5.83. The second-order valence-electron chi connectivity index (χ2n) is 5.86. The van der Waals surface area contributed by atoms with Crippen molar-refractivity contribution < 1.29 is 39.5 Å². The zero-order valence-electron chi connectivity index (χ0n) is 13.2. The van der Waals surface area contributed by atoms with Gasteiger partial charge in [-0.25, -0.2) is 0 Å². The van der Waals surface area contributed by atoms with E-state index in [1.54, 1.807) is 0 Å². The summed E-state index contributed by atoms with van der Waals surface area (Å²) < 4.78 is 10.0. The molecule has 5 unspecified atom stereocenters. The minimum atomic E-state index is -2.18. The lowest BCUT2D eigenvalue weighted by Gasteiger charge is -2.44. The maximum Gasteiger partial charge on any atom is 0.319 e. The fraction of sp³-hybridized carbons (Fsp3) is 0.857. The number of nitrogens with two attached hydrogens (primary N) is 1. The molecule has 1 aliphatic rings. The van der Waals surface area contributed by atoms with Gasteiger partial charge in [0, 0.05) is 25.7 Å². The Labute approximate surface area is 134 Å². The smallest absolute Gasteiger partial charge is 0.319 e. The van der Waals surface area contributed by atoms with E-state index in [0.29, 0.717) is 0 Å². The number of aliphatic hydroxyl groups excluding tert-OH is 3. The molecule has 0 amide bonds. The molecular formula is C14H25NO8. The Balaban J connectivity index is 2.80. The molecule has 0 aromatic carbocycles. The van der Waals surface area contributed by atoms with E-state index in [-0.39, 0.29) is 26.0 Å². The first-order chi connectivity index (χ1) is 10.6. The van der Waals surface area contributed by atoms with Gasteiger partial charge in [-0.3, -0.25) is 9.59 Å². The van der Waals surface area contributed by atoms with Crippen molar-refractivity contribution in [3.8, 4) is 0 Å². The molecule has 0 aliphatic carbocycles. The van der Waals surface area contributed by atoms with Gasteiger partial charge in [-0.15, -0.1) is 0 Å². The van der Waals surface area contributed by atoms with Crippen molar-refractivity contribution in [1.82, 2.24) is 0 Å². The minimum absolute atomic E-state index is 0.153. The number of Topliss-reactive ketones (excluding diaryl/α,β-unsaturated/α-hetero) is 1. The van der Waals surface area contributed by atoms with Crippen molar-refractivity contribution in [3.05, 3.63) is 0 Å². The van der Waals surface area contributed by atoms with Crippen LogP contribution in [-0.4, -0.2) is 75.5 Å². The summed E-state index contributed by atoms with van der Waals surface area (Å²) in [4.78, 5) is 22.5. The van der Waals surface area contributed by atoms with Crippen LogP contribution in [0.25, 0.3) is 0 Å². The summed E-state index contributed by atoms with van der Waals surface area (Å²) in [6.07, 6.45) is -4.88. The number of esters is 1. The van der Waals surface area contributed by atoms with Crippen molar-refractivity contribution in [2.45, 2.75) is 56.9 Å². The van der Waals surface area contributed by atoms with E-state index >= 15 is 0 Å². The van der Waals surface area contributed by atoms with Gasteiger partial charge in [-0.1, -0.05) is 0 Å². The van der Waals surface area contributed by atoms with E-state index in [1.165, 1.54) is 6.92 Å². The van der Waals surface area contributed by atoms with Crippen LogP contribution in [-0.2, 0) is 19.1 Å². The minimum Gasteiger partial charge on any atom is -0.462 e. The normalized spacial score (nSPS) is 33.8. The molecule has 0 spiro atoms. The Kier molecular flexibility index (Phi) is 7.05. The number of ether oxygens (including phenoxy) is 2. The van der Waals surface area contributed by atoms with E-state index < -0.39 is 47.9 Å². The molecule has 6 N–H and O–H groups in total. The third-order valence-electron chi connectivity index (χ3n) is 3.92. The lowest BCUT2D eigenvalue weighted by atomic mass is 9.81. The van der Waals surface area contributed by atoms with Crippen molar-refractivity contribution in [2.75, 3.05) is 13.2 Å². The number of aliphatic hydroxyl groups is 4. The number of rotatable bonds is 7. The molecule has 0 aromatic rings. The molecule has 1 aliphatic heterocycles. The van der Waals surface area contributed by atoms with Crippen LogP contribution in [0.4, 0.5) is 0 Å². The molecular weight excluding hydrogens is 310 g/mol. The average molecular weight is 335 g/mol. The molecule has 23 heavy (non-hydrogen) atoms. The van der Waals surface area contributed by atoms with Gasteiger partial charge < -0.3 is 35.6 Å². The Morgan fingerprint density at radius 2 is 2.04 bits per heavy atom. The van der Waals surface area contributed by atoms with Gasteiger partial charge in [0.25, 0.3) is 0 Å². The fourth-order valence-corrected chi connectivity index (χ4v) is 2.69. The number of hydrogen-bond donors (Lipinski definition) is 5. The summed E-state index contributed by atoms with van der Waals surface area (Å²) in [7, 11) is 0.